The van der Waals surface area contributed by atoms with Crippen LogP contribution in [-0.2, 0) is 11.0 Å². The van der Waals surface area contributed by atoms with Crippen molar-refractivity contribution in [1.29, 1.82) is 0 Å². The predicted molar refractivity (Wildman–Crippen MR) is 142 cm³/mol. The lowest BCUT2D eigenvalue weighted by Gasteiger charge is -2.13. The van der Waals surface area contributed by atoms with Gasteiger partial charge < -0.3 is 20.1 Å². The van der Waals surface area contributed by atoms with E-state index < -0.39 is 11.7 Å². The number of hydrogen-bond acceptors (Lipinski definition) is 5. The maximum Gasteiger partial charge on any atom is 0.416 e. The Morgan fingerprint density at radius 1 is 1.05 bits per heavy atom. The van der Waals surface area contributed by atoms with Crippen LogP contribution < -0.4 is 25.5 Å². The third-order valence-electron chi connectivity index (χ3n) is 4.80. The molecule has 0 spiro atoms. The molecular formula is C25H22ClF3N4O3S. The number of carbonyl (C=O) groups excluding carboxylic acids is 1. The summed E-state index contributed by atoms with van der Waals surface area (Å²) in [6, 6.07) is 15.1. The average molecular weight is 551 g/mol. The van der Waals surface area contributed by atoms with Crippen molar-refractivity contribution in [1.82, 2.24) is 5.43 Å². The maximum absolute atomic E-state index is 12.9. The summed E-state index contributed by atoms with van der Waals surface area (Å²) in [6.07, 6.45) is -3.10. The number of nitrogens with zero attached hydrogens (tertiary/aromatic N) is 1. The molecule has 0 aliphatic carbocycles. The number of thiocarbonyl (C=S) groups is 1. The molecule has 0 atom stereocenters. The zero-order valence-corrected chi connectivity index (χ0v) is 21.2. The van der Waals surface area contributed by atoms with Crippen LogP contribution in [0.15, 0.2) is 65.8 Å². The van der Waals surface area contributed by atoms with Gasteiger partial charge in [-0.25, -0.2) is 0 Å². The fraction of sp³-hybridized carbons (Fsp3) is 0.160. The van der Waals surface area contributed by atoms with Crippen LogP contribution in [0, 0.1) is 6.92 Å². The van der Waals surface area contributed by atoms with Gasteiger partial charge in [0.15, 0.2) is 23.2 Å². The fourth-order valence-electron chi connectivity index (χ4n) is 2.97. The van der Waals surface area contributed by atoms with Crippen LogP contribution in [0.3, 0.4) is 0 Å². The molecule has 0 aliphatic heterocycles. The lowest BCUT2D eigenvalue weighted by Crippen LogP contribution is -2.24. The minimum absolute atomic E-state index is 0.0150. The van der Waals surface area contributed by atoms with E-state index in [9.17, 15) is 18.0 Å². The van der Waals surface area contributed by atoms with E-state index in [0.717, 1.165) is 23.8 Å². The second kappa shape index (κ2) is 12.4. The summed E-state index contributed by atoms with van der Waals surface area (Å²) >= 11 is 11.0. The summed E-state index contributed by atoms with van der Waals surface area (Å²) < 4.78 is 49.7. The Hall–Kier alpha value is -3.83. The molecule has 0 radical (unpaired) electrons. The number of benzene rings is 3. The van der Waals surface area contributed by atoms with Gasteiger partial charge in [0.1, 0.15) is 0 Å². The Morgan fingerprint density at radius 3 is 2.46 bits per heavy atom. The van der Waals surface area contributed by atoms with Crippen molar-refractivity contribution in [3.63, 3.8) is 0 Å². The fourth-order valence-corrected chi connectivity index (χ4v) is 3.30. The third-order valence-corrected chi connectivity index (χ3v) is 5.33. The molecule has 0 saturated heterocycles. The number of amides is 1. The third kappa shape index (κ3) is 8.36. The Labute approximate surface area is 221 Å². The van der Waals surface area contributed by atoms with E-state index in [0.29, 0.717) is 22.7 Å². The summed E-state index contributed by atoms with van der Waals surface area (Å²) in [5.74, 6) is 0.384. The lowest BCUT2D eigenvalue weighted by atomic mass is 10.2. The summed E-state index contributed by atoms with van der Waals surface area (Å²) in [5.41, 5.74) is 3.96. The van der Waals surface area contributed by atoms with E-state index in [2.05, 4.69) is 21.2 Å². The highest BCUT2D eigenvalue weighted by atomic mass is 35.5. The van der Waals surface area contributed by atoms with E-state index in [1.165, 1.54) is 13.3 Å². The van der Waals surface area contributed by atoms with Gasteiger partial charge in [0.2, 0.25) is 0 Å². The van der Waals surface area contributed by atoms with E-state index in [-0.39, 0.29) is 28.3 Å². The van der Waals surface area contributed by atoms with Crippen LogP contribution in [0.1, 0.15) is 16.7 Å². The zero-order chi connectivity index (χ0) is 27.0. The van der Waals surface area contributed by atoms with Gasteiger partial charge in [0, 0.05) is 5.69 Å². The quantitative estimate of drug-likeness (QED) is 0.181. The highest BCUT2D eigenvalue weighted by Gasteiger charge is 2.31. The largest absolute Gasteiger partial charge is 0.493 e. The highest BCUT2D eigenvalue weighted by molar-refractivity contribution is 7.80. The topological polar surface area (TPSA) is 84.0 Å². The van der Waals surface area contributed by atoms with Crippen molar-refractivity contribution in [3.05, 3.63) is 82.4 Å². The zero-order valence-electron chi connectivity index (χ0n) is 19.7. The van der Waals surface area contributed by atoms with Gasteiger partial charge >= 0.3 is 6.18 Å². The first-order valence-corrected chi connectivity index (χ1v) is 11.5. The number of hydrogen-bond donors (Lipinski definition) is 3. The van der Waals surface area contributed by atoms with Crippen molar-refractivity contribution in [2.24, 2.45) is 5.10 Å². The minimum atomic E-state index is -4.52. The molecule has 37 heavy (non-hydrogen) atoms. The molecule has 0 fully saturated rings. The predicted octanol–water partition coefficient (Wildman–Crippen LogP) is 6.01. The average Bonchev–Trinajstić information content (AvgIpc) is 2.85. The Bertz CT molecular complexity index is 1300. The van der Waals surface area contributed by atoms with Gasteiger partial charge in [-0.15, -0.1) is 0 Å². The lowest BCUT2D eigenvalue weighted by molar-refractivity contribution is -0.137. The smallest absolute Gasteiger partial charge is 0.416 e. The van der Waals surface area contributed by atoms with E-state index in [1.54, 1.807) is 30.3 Å². The van der Waals surface area contributed by atoms with Crippen LogP contribution >= 0.6 is 23.8 Å². The molecule has 0 aliphatic rings. The van der Waals surface area contributed by atoms with E-state index in [1.807, 2.05) is 19.1 Å². The number of hydrazone groups is 1. The van der Waals surface area contributed by atoms with Crippen LogP contribution in [0.5, 0.6) is 11.5 Å². The number of halogens is 4. The molecule has 7 nitrogen and oxygen atoms in total. The van der Waals surface area contributed by atoms with Crippen molar-refractivity contribution < 1.29 is 27.4 Å². The Morgan fingerprint density at radius 2 is 1.78 bits per heavy atom. The molecule has 3 aromatic rings. The number of carbonyl (C=O) groups is 1. The van der Waals surface area contributed by atoms with Gasteiger partial charge in [-0.1, -0.05) is 29.3 Å². The van der Waals surface area contributed by atoms with Crippen LogP contribution in [-0.4, -0.2) is 31.0 Å². The van der Waals surface area contributed by atoms with Gasteiger partial charge in [-0.3, -0.25) is 10.2 Å². The molecule has 194 valence electrons. The van der Waals surface area contributed by atoms with Crippen molar-refractivity contribution >= 4 is 52.4 Å². The van der Waals surface area contributed by atoms with Gasteiger partial charge in [-0.05, 0) is 73.2 Å². The maximum atomic E-state index is 12.9. The van der Waals surface area contributed by atoms with Crippen LogP contribution in [0.4, 0.5) is 24.5 Å². The summed E-state index contributed by atoms with van der Waals surface area (Å²) in [7, 11) is 1.45. The van der Waals surface area contributed by atoms with Gasteiger partial charge in [0.25, 0.3) is 5.91 Å². The van der Waals surface area contributed by atoms with E-state index in [4.69, 9.17) is 33.3 Å². The summed E-state index contributed by atoms with van der Waals surface area (Å²) in [5, 5.41) is 9.29. The molecule has 0 heterocycles. The van der Waals surface area contributed by atoms with Crippen molar-refractivity contribution in [3.8, 4) is 11.5 Å². The van der Waals surface area contributed by atoms with E-state index >= 15 is 0 Å². The van der Waals surface area contributed by atoms with Gasteiger partial charge in [-0.2, -0.15) is 18.3 Å². The number of nitrogens with one attached hydrogen (secondary N) is 3. The summed E-state index contributed by atoms with van der Waals surface area (Å²) in [4.78, 5) is 12.2. The van der Waals surface area contributed by atoms with Gasteiger partial charge in [0.05, 0.1) is 29.6 Å². The van der Waals surface area contributed by atoms with Crippen molar-refractivity contribution in [2.45, 2.75) is 13.1 Å². The molecule has 0 unspecified atom stereocenters. The van der Waals surface area contributed by atoms with Crippen molar-refractivity contribution in [2.75, 3.05) is 24.4 Å². The minimum Gasteiger partial charge on any atom is -0.493 e. The number of rotatable bonds is 8. The first kappa shape index (κ1) is 27.8. The molecule has 3 N–H and O–H groups in total. The SMILES string of the molecule is COc1cc(/C=N\NC(=S)Nc2cc(C(F)(F)F)ccc2Cl)ccc1OCC(=O)Nc1ccc(C)cc1. The second-order valence-corrected chi connectivity index (χ2v) is 8.45. The molecule has 12 heteroatoms. The number of methoxy groups -OCH3 is 1. The number of alkyl halides is 3. The molecular weight excluding hydrogens is 529 g/mol. The normalized spacial score (nSPS) is 11.2. The molecule has 0 bridgehead atoms. The first-order valence-electron chi connectivity index (χ1n) is 10.7. The molecule has 0 aromatic heterocycles. The Balaban J connectivity index is 1.55. The van der Waals surface area contributed by atoms with Crippen LogP contribution in [0.2, 0.25) is 5.02 Å². The molecule has 1 amide bonds. The number of ether oxygens (including phenoxy) is 2. The highest BCUT2D eigenvalue weighted by Crippen LogP contribution is 2.33. The number of aryl methyl sites for hydroxylation is 1. The van der Waals surface area contributed by atoms with Crippen LogP contribution in [0.25, 0.3) is 0 Å². The first-order chi connectivity index (χ1) is 17.5. The summed E-state index contributed by atoms with van der Waals surface area (Å²) in [6.45, 7) is 1.73. The number of anilines is 2. The standard InChI is InChI=1S/C25H22ClF3N4O3S/c1-15-3-7-18(8-4-15)31-23(34)14-36-21-10-5-16(11-22(21)35-2)13-30-33-24(37)32-20-12-17(25(27,28)29)6-9-19(20)26/h3-13H,14H2,1-2H3,(H,31,34)(H2,32,33,37)/b30-13-. The Kier molecular flexibility index (Phi) is 9.31. The second-order valence-electron chi connectivity index (χ2n) is 7.63. The molecule has 0 saturated carbocycles. The molecule has 3 aromatic carbocycles. The monoisotopic (exact) mass is 550 g/mol. The molecule has 3 rings (SSSR count).